The lowest BCUT2D eigenvalue weighted by molar-refractivity contribution is 0.427. The predicted octanol–water partition coefficient (Wildman–Crippen LogP) is 0.770. The number of phenols is 2. The lowest BCUT2D eigenvalue weighted by atomic mass is 10.1. The van der Waals surface area contributed by atoms with E-state index in [9.17, 15) is 10.2 Å². The van der Waals surface area contributed by atoms with E-state index in [1.165, 1.54) is 0 Å². The van der Waals surface area contributed by atoms with Crippen molar-refractivity contribution in [1.29, 1.82) is 0 Å². The average Bonchev–Trinajstić information content (AvgIpc) is 2.57. The van der Waals surface area contributed by atoms with E-state index < -0.39 is 0 Å². The van der Waals surface area contributed by atoms with Crippen molar-refractivity contribution in [2.75, 3.05) is 6.54 Å². The molecule has 1 aromatic rings. The molecule has 0 amide bonds. The Bertz CT molecular complexity index is 321. The van der Waals surface area contributed by atoms with Crippen LogP contribution in [0.25, 0.3) is 0 Å². The number of aromatic hydroxyl groups is 2. The van der Waals surface area contributed by atoms with Gasteiger partial charge in [0.1, 0.15) is 11.5 Å². The van der Waals surface area contributed by atoms with Gasteiger partial charge in [0.2, 0.25) is 0 Å². The summed E-state index contributed by atoms with van der Waals surface area (Å²) < 4.78 is 0. The quantitative estimate of drug-likeness (QED) is 0.595. The molecule has 0 saturated carbocycles. The first kappa shape index (κ1) is 7.91. The van der Waals surface area contributed by atoms with Gasteiger partial charge in [-0.1, -0.05) is 6.07 Å². The standard InChI is InChI=1S/C9H10N2O2/c12-7-2-1-3-8(13)9(7)6-4-10-5-11-6/h1-3,5-6,12-13H,4H2,(H,10,11). The highest BCUT2D eigenvalue weighted by molar-refractivity contribution is 5.60. The van der Waals surface area contributed by atoms with E-state index in [4.69, 9.17) is 0 Å². The topological polar surface area (TPSA) is 64.8 Å². The third kappa shape index (κ3) is 1.30. The molecule has 4 heteroatoms. The molecular weight excluding hydrogens is 168 g/mol. The summed E-state index contributed by atoms with van der Waals surface area (Å²) in [4.78, 5) is 3.97. The fraction of sp³-hybridized carbons (Fsp3) is 0.222. The molecule has 1 unspecified atom stereocenters. The zero-order chi connectivity index (χ0) is 9.26. The van der Waals surface area contributed by atoms with Crippen LogP contribution in [-0.2, 0) is 0 Å². The zero-order valence-electron chi connectivity index (χ0n) is 6.94. The maximum absolute atomic E-state index is 9.50. The molecule has 1 aromatic carbocycles. The van der Waals surface area contributed by atoms with Crippen molar-refractivity contribution < 1.29 is 10.2 Å². The molecule has 0 aliphatic carbocycles. The van der Waals surface area contributed by atoms with Gasteiger partial charge in [-0.2, -0.15) is 0 Å². The highest BCUT2D eigenvalue weighted by Crippen LogP contribution is 2.33. The van der Waals surface area contributed by atoms with Gasteiger partial charge in [0, 0.05) is 0 Å². The summed E-state index contributed by atoms with van der Waals surface area (Å²) in [5.41, 5.74) is 0.514. The predicted molar refractivity (Wildman–Crippen MR) is 49.0 cm³/mol. The minimum atomic E-state index is -0.110. The van der Waals surface area contributed by atoms with Gasteiger partial charge in [-0.05, 0) is 12.1 Å². The third-order valence-corrected chi connectivity index (χ3v) is 2.06. The third-order valence-electron chi connectivity index (χ3n) is 2.06. The van der Waals surface area contributed by atoms with Gasteiger partial charge in [-0.25, -0.2) is 0 Å². The second-order valence-electron chi connectivity index (χ2n) is 2.92. The van der Waals surface area contributed by atoms with Crippen LogP contribution in [0.1, 0.15) is 11.6 Å². The summed E-state index contributed by atoms with van der Waals surface area (Å²) in [5.74, 6) is 0.200. The molecule has 0 bridgehead atoms. The van der Waals surface area contributed by atoms with Crippen LogP contribution in [0.3, 0.4) is 0 Å². The fourth-order valence-electron chi connectivity index (χ4n) is 1.43. The van der Waals surface area contributed by atoms with Gasteiger partial charge in [0.25, 0.3) is 0 Å². The molecule has 1 heterocycles. The number of phenolic OH excluding ortho intramolecular Hbond substituents is 2. The maximum Gasteiger partial charge on any atom is 0.124 e. The van der Waals surface area contributed by atoms with Crippen molar-refractivity contribution in [2.24, 2.45) is 4.99 Å². The number of rotatable bonds is 1. The number of benzene rings is 1. The number of nitrogens with zero attached hydrogens (tertiary/aromatic N) is 1. The van der Waals surface area contributed by atoms with Crippen molar-refractivity contribution in [3.8, 4) is 11.5 Å². The Kier molecular flexibility index (Phi) is 1.81. The second-order valence-corrected chi connectivity index (χ2v) is 2.92. The van der Waals surface area contributed by atoms with E-state index in [-0.39, 0.29) is 17.5 Å². The first-order valence-electron chi connectivity index (χ1n) is 4.04. The monoisotopic (exact) mass is 178 g/mol. The van der Waals surface area contributed by atoms with Gasteiger partial charge < -0.3 is 15.5 Å². The molecule has 1 atom stereocenters. The van der Waals surface area contributed by atoms with Crippen LogP contribution in [-0.4, -0.2) is 23.1 Å². The SMILES string of the molecule is Oc1cccc(O)c1C1CN=CN1. The Morgan fingerprint density at radius 1 is 1.31 bits per heavy atom. The molecule has 13 heavy (non-hydrogen) atoms. The number of aliphatic imine (C=N–C) groups is 1. The van der Waals surface area contributed by atoms with Crippen LogP contribution in [0, 0.1) is 0 Å². The van der Waals surface area contributed by atoms with E-state index >= 15 is 0 Å². The lowest BCUT2D eigenvalue weighted by Gasteiger charge is -2.13. The van der Waals surface area contributed by atoms with E-state index in [1.807, 2.05) is 0 Å². The first-order valence-corrected chi connectivity index (χ1v) is 4.04. The molecule has 2 rings (SSSR count). The van der Waals surface area contributed by atoms with E-state index in [0.717, 1.165) is 0 Å². The number of hydrogen-bond donors (Lipinski definition) is 3. The summed E-state index contributed by atoms with van der Waals surface area (Å²) in [6.45, 7) is 0.547. The Morgan fingerprint density at radius 3 is 2.54 bits per heavy atom. The summed E-state index contributed by atoms with van der Waals surface area (Å²) >= 11 is 0. The lowest BCUT2D eigenvalue weighted by Crippen LogP contribution is -2.15. The van der Waals surface area contributed by atoms with Crippen LogP contribution in [0.2, 0.25) is 0 Å². The summed E-state index contributed by atoms with van der Waals surface area (Å²) in [5, 5.41) is 21.9. The van der Waals surface area contributed by atoms with Gasteiger partial charge in [-0.3, -0.25) is 4.99 Å². The molecule has 0 radical (unpaired) electrons. The van der Waals surface area contributed by atoms with Crippen molar-refractivity contribution in [2.45, 2.75) is 6.04 Å². The molecule has 3 N–H and O–H groups in total. The molecule has 1 aliphatic rings. The first-order chi connectivity index (χ1) is 6.29. The summed E-state index contributed by atoms with van der Waals surface area (Å²) in [6, 6.07) is 4.59. The minimum absolute atomic E-state index is 0.100. The molecule has 0 aromatic heterocycles. The average molecular weight is 178 g/mol. The highest BCUT2D eigenvalue weighted by atomic mass is 16.3. The molecule has 0 saturated heterocycles. The maximum atomic E-state index is 9.50. The number of nitrogens with one attached hydrogen (secondary N) is 1. The Labute approximate surface area is 75.6 Å². The molecule has 0 spiro atoms. The smallest absolute Gasteiger partial charge is 0.124 e. The van der Waals surface area contributed by atoms with Crippen LogP contribution < -0.4 is 5.32 Å². The van der Waals surface area contributed by atoms with E-state index in [0.29, 0.717) is 12.1 Å². The van der Waals surface area contributed by atoms with Gasteiger partial charge in [-0.15, -0.1) is 0 Å². The molecule has 68 valence electrons. The Morgan fingerprint density at radius 2 is 2.00 bits per heavy atom. The van der Waals surface area contributed by atoms with Crippen molar-refractivity contribution >= 4 is 6.34 Å². The Balaban J connectivity index is 2.38. The molecule has 0 fully saturated rings. The van der Waals surface area contributed by atoms with Crippen LogP contribution in [0.5, 0.6) is 11.5 Å². The molecule has 1 aliphatic heterocycles. The van der Waals surface area contributed by atoms with Crippen molar-refractivity contribution in [3.63, 3.8) is 0 Å². The van der Waals surface area contributed by atoms with Crippen LogP contribution in [0.4, 0.5) is 0 Å². The normalized spacial score (nSPS) is 20.2. The van der Waals surface area contributed by atoms with E-state index in [2.05, 4.69) is 10.3 Å². The zero-order valence-corrected chi connectivity index (χ0v) is 6.94. The fourth-order valence-corrected chi connectivity index (χ4v) is 1.43. The molecule has 4 nitrogen and oxygen atoms in total. The summed E-state index contributed by atoms with van der Waals surface area (Å²) in [7, 11) is 0. The number of hydrogen-bond acceptors (Lipinski definition) is 4. The van der Waals surface area contributed by atoms with Crippen molar-refractivity contribution in [1.82, 2.24) is 5.32 Å². The molecular formula is C9H10N2O2. The van der Waals surface area contributed by atoms with E-state index in [1.54, 1.807) is 24.5 Å². The Hall–Kier alpha value is -1.71. The van der Waals surface area contributed by atoms with Crippen LogP contribution in [0.15, 0.2) is 23.2 Å². The van der Waals surface area contributed by atoms with Crippen LogP contribution >= 0.6 is 0 Å². The minimum Gasteiger partial charge on any atom is -0.507 e. The highest BCUT2D eigenvalue weighted by Gasteiger charge is 2.19. The van der Waals surface area contributed by atoms with Gasteiger partial charge >= 0.3 is 0 Å². The summed E-state index contributed by atoms with van der Waals surface area (Å²) in [6.07, 6.45) is 1.58. The largest absolute Gasteiger partial charge is 0.507 e. The van der Waals surface area contributed by atoms with Crippen molar-refractivity contribution in [3.05, 3.63) is 23.8 Å². The van der Waals surface area contributed by atoms with Gasteiger partial charge in [0.15, 0.2) is 0 Å². The van der Waals surface area contributed by atoms with Gasteiger partial charge in [0.05, 0.1) is 24.5 Å². The second kappa shape index (κ2) is 2.97.